The molecule has 2 N–H and O–H groups in total. The third-order valence-corrected chi connectivity index (χ3v) is 5.69. The van der Waals surface area contributed by atoms with E-state index in [-0.39, 0.29) is 0 Å². The number of benzene rings is 2. The minimum Gasteiger partial charge on any atom is -0.465 e. The zero-order chi connectivity index (χ0) is 21.1. The smallest absolute Gasteiger partial charge is 0.339 e. The Morgan fingerprint density at radius 1 is 1.03 bits per heavy atom. The van der Waals surface area contributed by atoms with E-state index in [0.29, 0.717) is 27.8 Å². The number of aromatic nitrogens is 3. The summed E-state index contributed by atoms with van der Waals surface area (Å²) in [6.45, 7) is 0. The van der Waals surface area contributed by atoms with Gasteiger partial charge in [-0.3, -0.25) is 4.98 Å². The molecule has 0 radical (unpaired) electrons. The summed E-state index contributed by atoms with van der Waals surface area (Å²) in [6, 6.07) is 17.0. The molecule has 4 rings (SSSR count). The van der Waals surface area contributed by atoms with Crippen molar-refractivity contribution in [2.24, 2.45) is 0 Å². The summed E-state index contributed by atoms with van der Waals surface area (Å²) >= 11 is 1.43. The Labute approximate surface area is 177 Å². The average Bonchev–Trinajstić information content (AvgIpc) is 2.79. The van der Waals surface area contributed by atoms with Gasteiger partial charge in [0.15, 0.2) is 5.82 Å². The second kappa shape index (κ2) is 8.38. The van der Waals surface area contributed by atoms with Crippen LogP contribution in [0.3, 0.4) is 0 Å². The Kier molecular flexibility index (Phi) is 5.49. The first kappa shape index (κ1) is 19.7. The molecule has 2 aromatic heterocycles. The molecule has 30 heavy (non-hydrogen) atoms. The van der Waals surface area contributed by atoms with Gasteiger partial charge in [0, 0.05) is 23.5 Å². The van der Waals surface area contributed by atoms with E-state index in [1.165, 1.54) is 25.2 Å². The molecule has 0 saturated heterocycles. The fourth-order valence-corrected chi connectivity index (χ4v) is 4.07. The van der Waals surface area contributed by atoms with Crippen LogP contribution in [0.4, 0.5) is 17.2 Å². The number of carbonyl (C=O) groups excluding carboxylic acids is 1. The molecule has 2 heterocycles. The number of methoxy groups -OCH3 is 1. The maximum Gasteiger partial charge on any atom is 0.339 e. The van der Waals surface area contributed by atoms with Gasteiger partial charge < -0.3 is 15.4 Å². The normalized spacial score (nSPS) is 10.7. The van der Waals surface area contributed by atoms with E-state index in [1.807, 2.05) is 42.5 Å². The maximum atomic E-state index is 12.2. The monoisotopic (exact) mass is 417 g/mol. The van der Waals surface area contributed by atoms with Gasteiger partial charge in [-0.1, -0.05) is 42.1 Å². The molecule has 0 atom stereocenters. The quantitative estimate of drug-likeness (QED) is 0.379. The Balaban J connectivity index is 1.73. The van der Waals surface area contributed by atoms with E-state index in [0.717, 1.165) is 15.8 Å². The maximum absolute atomic E-state index is 12.2. The SMILES string of the molecule is COC(=O)c1ccccc1N(C)c1ncnc(Sc2cccc3cccnc23)c1N. The number of para-hydroxylation sites is 2. The van der Waals surface area contributed by atoms with Crippen LogP contribution in [0.1, 0.15) is 10.4 Å². The Hall–Kier alpha value is -3.65. The van der Waals surface area contributed by atoms with Crippen molar-refractivity contribution in [3.63, 3.8) is 0 Å². The van der Waals surface area contributed by atoms with Crippen LogP contribution >= 0.6 is 11.8 Å². The number of nitrogens with two attached hydrogens (primary N) is 1. The van der Waals surface area contributed by atoms with Gasteiger partial charge >= 0.3 is 5.97 Å². The fraction of sp³-hybridized carbons (Fsp3) is 0.0909. The molecule has 0 aliphatic heterocycles. The average molecular weight is 417 g/mol. The summed E-state index contributed by atoms with van der Waals surface area (Å²) in [5.74, 6) is 0.0681. The van der Waals surface area contributed by atoms with Crippen molar-refractivity contribution >= 4 is 45.8 Å². The first-order chi connectivity index (χ1) is 14.6. The predicted octanol–water partition coefficient (Wildman–Crippen LogP) is 4.31. The van der Waals surface area contributed by atoms with Crippen molar-refractivity contribution in [1.29, 1.82) is 0 Å². The van der Waals surface area contributed by atoms with E-state index in [1.54, 1.807) is 30.3 Å². The second-order valence-electron chi connectivity index (χ2n) is 6.42. The Morgan fingerprint density at radius 2 is 1.83 bits per heavy atom. The van der Waals surface area contributed by atoms with Gasteiger partial charge in [-0.25, -0.2) is 14.8 Å². The molecule has 7 nitrogen and oxygen atoms in total. The molecule has 0 fully saturated rings. The largest absolute Gasteiger partial charge is 0.465 e. The minimum absolute atomic E-state index is 0.414. The minimum atomic E-state index is -0.429. The van der Waals surface area contributed by atoms with Crippen molar-refractivity contribution in [2.75, 3.05) is 24.8 Å². The van der Waals surface area contributed by atoms with Crippen molar-refractivity contribution in [1.82, 2.24) is 15.0 Å². The summed E-state index contributed by atoms with van der Waals surface area (Å²) in [5.41, 5.74) is 8.81. The highest BCUT2D eigenvalue weighted by Gasteiger charge is 2.20. The molecule has 8 heteroatoms. The first-order valence-electron chi connectivity index (χ1n) is 9.13. The third kappa shape index (κ3) is 3.65. The van der Waals surface area contributed by atoms with Crippen LogP contribution in [0.25, 0.3) is 10.9 Å². The standard InChI is InChI=1S/C22H19N5O2S/c1-27(16-10-4-3-9-15(16)22(28)29-2)20-18(23)21(26-13-25-20)30-17-11-5-7-14-8-6-12-24-19(14)17/h3-13H,23H2,1-2H3. The Morgan fingerprint density at radius 3 is 2.67 bits per heavy atom. The van der Waals surface area contributed by atoms with E-state index in [9.17, 15) is 4.79 Å². The van der Waals surface area contributed by atoms with Gasteiger partial charge in [0.1, 0.15) is 17.0 Å². The molecule has 0 unspecified atom stereocenters. The number of nitrogen functional groups attached to an aromatic ring is 1. The zero-order valence-corrected chi connectivity index (χ0v) is 17.3. The Bertz CT molecular complexity index is 1230. The van der Waals surface area contributed by atoms with Crippen LogP contribution in [-0.2, 0) is 4.74 Å². The van der Waals surface area contributed by atoms with Gasteiger partial charge in [0.2, 0.25) is 0 Å². The van der Waals surface area contributed by atoms with E-state index in [2.05, 4.69) is 15.0 Å². The lowest BCUT2D eigenvalue weighted by atomic mass is 10.1. The number of hydrogen-bond acceptors (Lipinski definition) is 8. The summed E-state index contributed by atoms with van der Waals surface area (Å²) < 4.78 is 4.90. The number of hydrogen-bond donors (Lipinski definition) is 1. The number of esters is 1. The van der Waals surface area contributed by atoms with E-state index in [4.69, 9.17) is 10.5 Å². The molecular formula is C22H19N5O2S. The van der Waals surface area contributed by atoms with Gasteiger partial charge in [-0.05, 0) is 24.3 Å². The number of ether oxygens (including phenoxy) is 1. The molecule has 150 valence electrons. The molecule has 0 aliphatic rings. The van der Waals surface area contributed by atoms with E-state index >= 15 is 0 Å². The van der Waals surface area contributed by atoms with Crippen LogP contribution in [0.2, 0.25) is 0 Å². The predicted molar refractivity (Wildman–Crippen MR) is 118 cm³/mol. The lowest BCUT2D eigenvalue weighted by Crippen LogP contribution is -2.18. The van der Waals surface area contributed by atoms with Crippen LogP contribution in [0.15, 0.2) is 77.0 Å². The lowest BCUT2D eigenvalue weighted by Gasteiger charge is -2.22. The third-order valence-electron chi connectivity index (χ3n) is 4.62. The van der Waals surface area contributed by atoms with Crippen molar-refractivity contribution in [2.45, 2.75) is 9.92 Å². The highest BCUT2D eigenvalue weighted by Crippen LogP contribution is 2.38. The van der Waals surface area contributed by atoms with Crippen molar-refractivity contribution < 1.29 is 9.53 Å². The van der Waals surface area contributed by atoms with Crippen LogP contribution in [0.5, 0.6) is 0 Å². The number of anilines is 3. The topological polar surface area (TPSA) is 94.2 Å². The number of nitrogens with zero attached hydrogens (tertiary/aromatic N) is 4. The number of rotatable bonds is 5. The van der Waals surface area contributed by atoms with Gasteiger partial charge in [0.05, 0.1) is 23.9 Å². The van der Waals surface area contributed by atoms with E-state index < -0.39 is 5.97 Å². The molecule has 4 aromatic rings. The fourth-order valence-electron chi connectivity index (χ4n) is 3.14. The molecule has 0 bridgehead atoms. The van der Waals surface area contributed by atoms with Crippen LogP contribution in [-0.4, -0.2) is 35.1 Å². The molecule has 0 saturated carbocycles. The number of fused-ring (bicyclic) bond motifs is 1. The molecule has 2 aromatic carbocycles. The van der Waals surface area contributed by atoms with Crippen LogP contribution in [0, 0.1) is 0 Å². The van der Waals surface area contributed by atoms with Crippen molar-refractivity contribution in [3.05, 3.63) is 72.7 Å². The summed E-state index contributed by atoms with van der Waals surface area (Å²) in [4.78, 5) is 28.1. The number of carbonyl (C=O) groups is 1. The van der Waals surface area contributed by atoms with Gasteiger partial charge in [-0.15, -0.1) is 0 Å². The highest BCUT2D eigenvalue weighted by molar-refractivity contribution is 7.99. The summed E-state index contributed by atoms with van der Waals surface area (Å²) in [6.07, 6.45) is 3.22. The van der Waals surface area contributed by atoms with Gasteiger partial charge in [-0.2, -0.15) is 0 Å². The molecular weight excluding hydrogens is 398 g/mol. The summed E-state index contributed by atoms with van der Waals surface area (Å²) in [5, 5.41) is 1.65. The molecule has 0 amide bonds. The van der Waals surface area contributed by atoms with Gasteiger partial charge in [0.25, 0.3) is 0 Å². The molecule has 0 spiro atoms. The first-order valence-corrected chi connectivity index (χ1v) is 9.95. The second-order valence-corrected chi connectivity index (χ2v) is 7.45. The summed E-state index contributed by atoms with van der Waals surface area (Å²) in [7, 11) is 3.15. The highest BCUT2D eigenvalue weighted by atomic mass is 32.2. The zero-order valence-electron chi connectivity index (χ0n) is 16.4. The van der Waals surface area contributed by atoms with Crippen LogP contribution < -0.4 is 10.6 Å². The molecule has 0 aliphatic carbocycles. The van der Waals surface area contributed by atoms with Crippen molar-refractivity contribution in [3.8, 4) is 0 Å². The lowest BCUT2D eigenvalue weighted by molar-refractivity contribution is 0.0601. The number of pyridine rings is 1.